The third kappa shape index (κ3) is 3.52. The molecule has 0 aliphatic heterocycles. The van der Waals surface area contributed by atoms with E-state index in [4.69, 9.17) is 27.9 Å². The lowest BCUT2D eigenvalue weighted by Gasteiger charge is -2.12. The molecule has 1 fully saturated rings. The van der Waals surface area contributed by atoms with Crippen LogP contribution >= 0.6 is 23.2 Å². The Labute approximate surface area is 188 Å². The summed E-state index contributed by atoms with van der Waals surface area (Å²) in [7, 11) is 1.63. The topological polar surface area (TPSA) is 77.2 Å². The van der Waals surface area contributed by atoms with Crippen LogP contribution in [0.15, 0.2) is 48.7 Å². The minimum atomic E-state index is -0.292. The number of ether oxygens (including phenoxy) is 1. The van der Waals surface area contributed by atoms with Crippen LogP contribution in [0.3, 0.4) is 0 Å². The Morgan fingerprint density at radius 1 is 1.16 bits per heavy atom. The molecule has 1 aliphatic carbocycles. The summed E-state index contributed by atoms with van der Waals surface area (Å²) in [6, 6.07) is 11.9. The highest BCUT2D eigenvalue weighted by molar-refractivity contribution is 6.37. The smallest absolute Gasteiger partial charge is 0.220 e. The SMILES string of the molecule is Cn1nc(C2CC2)c(C(=O)c2ccc3nccc(Oc4c(Cl)cccc4Cl)c3c2)c1O. The van der Waals surface area contributed by atoms with Gasteiger partial charge in [0.1, 0.15) is 11.3 Å². The van der Waals surface area contributed by atoms with E-state index in [1.54, 1.807) is 55.7 Å². The van der Waals surface area contributed by atoms with E-state index in [-0.39, 0.29) is 23.1 Å². The molecular formula is C23H17Cl2N3O3. The Hall–Kier alpha value is -3.09. The molecule has 0 bridgehead atoms. The van der Waals surface area contributed by atoms with Gasteiger partial charge < -0.3 is 9.84 Å². The van der Waals surface area contributed by atoms with Gasteiger partial charge in [0.05, 0.1) is 21.3 Å². The van der Waals surface area contributed by atoms with Crippen molar-refractivity contribution >= 4 is 39.9 Å². The van der Waals surface area contributed by atoms with Crippen molar-refractivity contribution in [1.82, 2.24) is 14.8 Å². The molecule has 0 radical (unpaired) electrons. The van der Waals surface area contributed by atoms with Crippen LogP contribution in [0.4, 0.5) is 0 Å². The maximum atomic E-state index is 13.3. The van der Waals surface area contributed by atoms with Gasteiger partial charge in [-0.1, -0.05) is 29.3 Å². The highest BCUT2D eigenvalue weighted by Crippen LogP contribution is 2.44. The largest absolute Gasteiger partial charge is 0.493 e. The number of ketones is 1. The summed E-state index contributed by atoms with van der Waals surface area (Å²) in [6.07, 6.45) is 3.55. The molecule has 0 unspecified atom stereocenters. The van der Waals surface area contributed by atoms with Gasteiger partial charge in [-0.05, 0) is 49.2 Å². The third-order valence-corrected chi connectivity index (χ3v) is 5.93. The molecule has 0 spiro atoms. The molecule has 2 heterocycles. The maximum absolute atomic E-state index is 13.3. The van der Waals surface area contributed by atoms with Crippen LogP contribution in [0.5, 0.6) is 17.4 Å². The second-order valence-corrected chi connectivity index (χ2v) is 8.32. The average Bonchev–Trinajstić information content (AvgIpc) is 3.56. The molecule has 1 N–H and O–H groups in total. The molecule has 6 nitrogen and oxygen atoms in total. The van der Waals surface area contributed by atoms with Gasteiger partial charge in [0.25, 0.3) is 0 Å². The zero-order valence-corrected chi connectivity index (χ0v) is 18.0. The zero-order chi connectivity index (χ0) is 21.7. The second kappa shape index (κ2) is 7.55. The van der Waals surface area contributed by atoms with E-state index in [0.717, 1.165) is 12.8 Å². The summed E-state index contributed by atoms with van der Waals surface area (Å²) in [5.74, 6) is 0.593. The summed E-state index contributed by atoms with van der Waals surface area (Å²) >= 11 is 12.5. The molecule has 8 heteroatoms. The molecule has 0 atom stereocenters. The van der Waals surface area contributed by atoms with Gasteiger partial charge in [0.2, 0.25) is 5.88 Å². The predicted octanol–water partition coefficient (Wildman–Crippen LogP) is 5.88. The van der Waals surface area contributed by atoms with Gasteiger partial charge in [-0.3, -0.25) is 9.78 Å². The first-order valence-corrected chi connectivity index (χ1v) is 10.5. The van der Waals surface area contributed by atoms with Gasteiger partial charge >= 0.3 is 0 Å². The lowest BCUT2D eigenvalue weighted by molar-refractivity contribution is 0.103. The summed E-state index contributed by atoms with van der Waals surface area (Å²) in [5.41, 5.74) is 1.95. The van der Waals surface area contributed by atoms with Crippen LogP contribution in [-0.2, 0) is 7.05 Å². The number of aromatic hydroxyl groups is 1. The van der Waals surface area contributed by atoms with Crippen molar-refractivity contribution in [2.24, 2.45) is 7.05 Å². The Bertz CT molecular complexity index is 1330. The lowest BCUT2D eigenvalue weighted by atomic mass is 9.99. The van der Waals surface area contributed by atoms with Gasteiger partial charge in [-0.15, -0.1) is 0 Å². The van der Waals surface area contributed by atoms with Crippen molar-refractivity contribution in [2.75, 3.05) is 0 Å². The molecule has 156 valence electrons. The zero-order valence-electron chi connectivity index (χ0n) is 16.5. The van der Waals surface area contributed by atoms with Crippen LogP contribution in [-0.4, -0.2) is 25.7 Å². The number of para-hydroxylation sites is 1. The molecule has 1 aliphatic rings. The average molecular weight is 454 g/mol. The van der Waals surface area contributed by atoms with E-state index in [0.29, 0.717) is 43.7 Å². The molecule has 0 amide bonds. The first kappa shape index (κ1) is 19.8. The molecular weight excluding hydrogens is 437 g/mol. The normalized spacial score (nSPS) is 13.5. The van der Waals surface area contributed by atoms with Gasteiger partial charge in [0, 0.05) is 30.1 Å². The number of aryl methyl sites for hydroxylation is 1. The van der Waals surface area contributed by atoms with Crippen LogP contribution < -0.4 is 4.74 Å². The number of hydrogen-bond acceptors (Lipinski definition) is 5. The number of nitrogens with zero attached hydrogens (tertiary/aromatic N) is 3. The quantitative estimate of drug-likeness (QED) is 0.381. The first-order chi connectivity index (χ1) is 14.9. The van der Waals surface area contributed by atoms with Crippen molar-refractivity contribution < 1.29 is 14.6 Å². The number of fused-ring (bicyclic) bond motifs is 1. The fraction of sp³-hybridized carbons (Fsp3) is 0.174. The number of aromatic nitrogens is 3. The second-order valence-electron chi connectivity index (χ2n) is 7.50. The van der Waals surface area contributed by atoms with Crippen molar-refractivity contribution in [3.05, 3.63) is 75.5 Å². The molecule has 1 saturated carbocycles. The highest BCUT2D eigenvalue weighted by atomic mass is 35.5. The van der Waals surface area contributed by atoms with Gasteiger partial charge in [-0.25, -0.2) is 4.68 Å². The van der Waals surface area contributed by atoms with E-state index in [1.807, 2.05) is 0 Å². The Morgan fingerprint density at radius 2 is 1.90 bits per heavy atom. The first-order valence-electron chi connectivity index (χ1n) is 9.75. The summed E-state index contributed by atoms with van der Waals surface area (Å²) in [6.45, 7) is 0. The standard InChI is InChI=1S/C23H17Cl2N3O3/c1-28-23(30)19(20(27-28)12-5-6-12)21(29)13-7-8-17-14(11-13)18(9-10-26-17)31-22-15(24)3-2-4-16(22)25/h2-4,7-12,30H,5-6H2,1H3. The highest BCUT2D eigenvalue weighted by Gasteiger charge is 2.34. The molecule has 5 rings (SSSR count). The fourth-order valence-corrected chi connectivity index (χ4v) is 4.06. The number of rotatable bonds is 5. The predicted molar refractivity (Wildman–Crippen MR) is 119 cm³/mol. The van der Waals surface area contributed by atoms with Crippen molar-refractivity contribution in [3.8, 4) is 17.4 Å². The lowest BCUT2D eigenvalue weighted by Crippen LogP contribution is -2.04. The summed E-state index contributed by atoms with van der Waals surface area (Å²) in [5, 5.41) is 16.2. The van der Waals surface area contributed by atoms with Crippen LogP contribution in [0.2, 0.25) is 10.0 Å². The number of pyridine rings is 1. The monoisotopic (exact) mass is 453 g/mol. The Kier molecular flexibility index (Phi) is 4.84. The van der Waals surface area contributed by atoms with E-state index >= 15 is 0 Å². The molecule has 2 aromatic carbocycles. The minimum absolute atomic E-state index is 0.127. The number of hydrogen-bond donors (Lipinski definition) is 1. The van der Waals surface area contributed by atoms with Crippen molar-refractivity contribution in [2.45, 2.75) is 18.8 Å². The maximum Gasteiger partial charge on any atom is 0.220 e. The Balaban J connectivity index is 1.59. The number of carbonyl (C=O) groups is 1. The molecule has 0 saturated heterocycles. The van der Waals surface area contributed by atoms with Crippen LogP contribution in [0.1, 0.15) is 40.4 Å². The van der Waals surface area contributed by atoms with E-state index in [2.05, 4.69) is 10.1 Å². The minimum Gasteiger partial charge on any atom is -0.493 e. The van der Waals surface area contributed by atoms with E-state index in [9.17, 15) is 9.90 Å². The van der Waals surface area contributed by atoms with Crippen LogP contribution in [0, 0.1) is 0 Å². The molecule has 4 aromatic rings. The van der Waals surface area contributed by atoms with Gasteiger partial charge in [-0.2, -0.15) is 5.10 Å². The number of halogens is 2. The summed E-state index contributed by atoms with van der Waals surface area (Å²) < 4.78 is 7.36. The van der Waals surface area contributed by atoms with E-state index in [1.165, 1.54) is 4.68 Å². The fourth-order valence-electron chi connectivity index (χ4n) is 3.58. The van der Waals surface area contributed by atoms with Gasteiger partial charge in [0.15, 0.2) is 11.5 Å². The molecule has 2 aromatic heterocycles. The van der Waals surface area contributed by atoms with Crippen molar-refractivity contribution in [1.29, 1.82) is 0 Å². The summed E-state index contributed by atoms with van der Waals surface area (Å²) in [4.78, 5) is 17.7. The molecule has 31 heavy (non-hydrogen) atoms. The van der Waals surface area contributed by atoms with Crippen molar-refractivity contribution in [3.63, 3.8) is 0 Å². The number of benzene rings is 2. The van der Waals surface area contributed by atoms with E-state index < -0.39 is 0 Å². The number of carbonyl (C=O) groups excluding carboxylic acids is 1. The third-order valence-electron chi connectivity index (χ3n) is 5.33. The Morgan fingerprint density at radius 3 is 2.61 bits per heavy atom. The van der Waals surface area contributed by atoms with Crippen LogP contribution in [0.25, 0.3) is 10.9 Å².